The van der Waals surface area contributed by atoms with Crippen LogP contribution in [0.15, 0.2) is 85.1 Å². The molecule has 0 radical (unpaired) electrons. The molecule has 2 aliphatic heterocycles. The van der Waals surface area contributed by atoms with Gasteiger partial charge in [0.15, 0.2) is 0 Å². The van der Waals surface area contributed by atoms with Gasteiger partial charge in [-0.2, -0.15) is 5.10 Å². The van der Waals surface area contributed by atoms with E-state index in [-0.39, 0.29) is 17.4 Å². The number of rotatable bonds is 7. The maximum Gasteiger partial charge on any atom is 0.324 e. The van der Waals surface area contributed by atoms with E-state index in [9.17, 15) is 9.59 Å². The molecule has 8 heteroatoms. The fourth-order valence-electron chi connectivity index (χ4n) is 7.45. The van der Waals surface area contributed by atoms with Crippen LogP contribution in [0.3, 0.4) is 0 Å². The number of benzene rings is 3. The molecule has 0 saturated carbocycles. The summed E-state index contributed by atoms with van der Waals surface area (Å²) < 4.78 is 1.79. The normalized spacial score (nSPS) is 19.2. The van der Waals surface area contributed by atoms with E-state index in [1.54, 1.807) is 4.68 Å². The number of urea groups is 1. The van der Waals surface area contributed by atoms with Crippen LogP contribution in [0.5, 0.6) is 0 Å². The van der Waals surface area contributed by atoms with Crippen molar-refractivity contribution in [2.75, 3.05) is 10.6 Å². The highest BCUT2D eigenvalue weighted by Crippen LogP contribution is 2.40. The zero-order valence-electron chi connectivity index (χ0n) is 27.7. The van der Waals surface area contributed by atoms with Crippen LogP contribution in [-0.4, -0.2) is 43.7 Å². The number of aromatic nitrogens is 3. The van der Waals surface area contributed by atoms with Crippen molar-refractivity contribution in [1.82, 2.24) is 19.7 Å². The Balaban J connectivity index is 0.955. The summed E-state index contributed by atoms with van der Waals surface area (Å²) in [4.78, 5) is 32.1. The quantitative estimate of drug-likeness (QED) is 0.170. The van der Waals surface area contributed by atoms with Crippen LogP contribution >= 0.6 is 0 Å². The molecule has 47 heavy (non-hydrogen) atoms. The number of amides is 3. The molecule has 2 unspecified atom stereocenters. The van der Waals surface area contributed by atoms with Crippen molar-refractivity contribution in [1.29, 1.82) is 0 Å². The van der Waals surface area contributed by atoms with Crippen LogP contribution in [0.1, 0.15) is 68.8 Å². The molecule has 0 aliphatic carbocycles. The Morgan fingerprint density at radius 1 is 0.915 bits per heavy atom. The van der Waals surface area contributed by atoms with Crippen molar-refractivity contribution in [3.63, 3.8) is 0 Å². The number of anilines is 2. The molecule has 0 spiro atoms. The van der Waals surface area contributed by atoms with Crippen LogP contribution in [0.25, 0.3) is 16.6 Å². The van der Waals surface area contributed by atoms with E-state index in [4.69, 9.17) is 5.10 Å². The Hall–Kier alpha value is -4.85. The third-order valence-electron chi connectivity index (χ3n) is 9.87. The lowest BCUT2D eigenvalue weighted by Crippen LogP contribution is -2.47. The average Bonchev–Trinajstić information content (AvgIpc) is 3.73. The Bertz CT molecular complexity index is 1880. The minimum Gasteiger partial charge on any atom is -0.361 e. The molecule has 3 N–H and O–H groups in total. The van der Waals surface area contributed by atoms with Crippen molar-refractivity contribution < 1.29 is 9.59 Å². The van der Waals surface area contributed by atoms with Gasteiger partial charge in [0.1, 0.15) is 5.82 Å². The maximum absolute atomic E-state index is 13.5. The number of hydrogen-bond acceptors (Lipinski definition) is 3. The predicted molar refractivity (Wildman–Crippen MR) is 188 cm³/mol. The topological polar surface area (TPSA) is 95.1 Å². The number of para-hydroxylation sites is 1. The first kappa shape index (κ1) is 30.8. The molecule has 2 aromatic heterocycles. The summed E-state index contributed by atoms with van der Waals surface area (Å²) in [6.07, 6.45) is 7.71. The molecule has 2 bridgehead atoms. The monoisotopic (exact) mass is 628 g/mol. The average molecular weight is 629 g/mol. The second-order valence-corrected chi connectivity index (χ2v) is 14.5. The highest BCUT2D eigenvalue weighted by molar-refractivity contribution is 5.99. The standard InChI is InChI=1S/C39H44N6O2/c1-25-9-15-30(16-10-25)45-36(23-35(43-45)39(2,3)4)42-38(47)41-29-13-11-26(12-14-29)19-27-20-31-17-18-32(21-27)44(31)37(46)22-28-24-40-34-8-6-5-7-33(28)34/h5-16,23-24,27,31-32,40H,17-22H2,1-4H3,(H2,41,42,47). The number of carbonyl (C=O) groups excluding carboxylic acids is 2. The second-order valence-electron chi connectivity index (χ2n) is 14.5. The van der Waals surface area contributed by atoms with Gasteiger partial charge >= 0.3 is 6.03 Å². The van der Waals surface area contributed by atoms with E-state index in [1.165, 1.54) is 5.56 Å². The first-order valence-corrected chi connectivity index (χ1v) is 16.8. The Morgan fingerprint density at radius 3 is 2.32 bits per heavy atom. The third kappa shape index (κ3) is 6.55. The summed E-state index contributed by atoms with van der Waals surface area (Å²) in [5.41, 5.74) is 6.95. The summed E-state index contributed by atoms with van der Waals surface area (Å²) >= 11 is 0. The molecular weight excluding hydrogens is 584 g/mol. The van der Waals surface area contributed by atoms with Gasteiger partial charge in [-0.05, 0) is 86.4 Å². The maximum atomic E-state index is 13.5. The van der Waals surface area contributed by atoms with Gasteiger partial charge in [-0.1, -0.05) is 68.8 Å². The molecule has 3 aromatic carbocycles. The van der Waals surface area contributed by atoms with Gasteiger partial charge < -0.3 is 15.2 Å². The number of H-pyrrole nitrogens is 1. The fourth-order valence-corrected chi connectivity index (χ4v) is 7.45. The van der Waals surface area contributed by atoms with Gasteiger partial charge in [0, 0.05) is 46.4 Å². The molecule has 3 amide bonds. The largest absolute Gasteiger partial charge is 0.361 e. The number of carbonyl (C=O) groups is 2. The SMILES string of the molecule is Cc1ccc(-n2nc(C(C)(C)C)cc2NC(=O)Nc2ccc(CC3CC4CCC(C3)N4C(=O)Cc3c[nH]c4ccccc34)cc2)cc1. The van der Waals surface area contributed by atoms with Gasteiger partial charge in [0.05, 0.1) is 17.8 Å². The van der Waals surface area contributed by atoms with Crippen molar-refractivity contribution in [3.8, 4) is 5.69 Å². The van der Waals surface area contributed by atoms with Gasteiger partial charge in [-0.15, -0.1) is 0 Å². The molecule has 7 rings (SSSR count). The van der Waals surface area contributed by atoms with Crippen LogP contribution < -0.4 is 10.6 Å². The van der Waals surface area contributed by atoms with Crippen molar-refractivity contribution in [2.24, 2.45) is 5.92 Å². The van der Waals surface area contributed by atoms with Gasteiger partial charge in [0.25, 0.3) is 0 Å². The minimum atomic E-state index is -0.312. The lowest BCUT2D eigenvalue weighted by atomic mass is 9.85. The summed E-state index contributed by atoms with van der Waals surface area (Å²) in [7, 11) is 0. The first-order valence-electron chi connectivity index (χ1n) is 16.8. The van der Waals surface area contributed by atoms with Gasteiger partial charge in [-0.25, -0.2) is 9.48 Å². The van der Waals surface area contributed by atoms with E-state index >= 15 is 0 Å². The molecule has 2 atom stereocenters. The van der Waals surface area contributed by atoms with E-state index in [1.807, 2.05) is 60.8 Å². The molecule has 8 nitrogen and oxygen atoms in total. The smallest absolute Gasteiger partial charge is 0.324 e. The molecule has 2 saturated heterocycles. The van der Waals surface area contributed by atoms with Crippen LogP contribution in [0, 0.1) is 12.8 Å². The fraction of sp³-hybridized carbons (Fsp3) is 0.359. The van der Waals surface area contributed by atoms with Crippen LogP contribution in [0.2, 0.25) is 0 Å². The second kappa shape index (κ2) is 12.4. The summed E-state index contributed by atoms with van der Waals surface area (Å²) in [5, 5.41) is 12.0. The van der Waals surface area contributed by atoms with Crippen LogP contribution in [0.4, 0.5) is 16.3 Å². The molecular formula is C39H44N6O2. The number of aryl methyl sites for hydroxylation is 1. The lowest BCUT2D eigenvalue weighted by molar-refractivity contribution is -0.135. The molecule has 4 heterocycles. The van der Waals surface area contributed by atoms with Gasteiger partial charge in [0.2, 0.25) is 5.91 Å². The number of fused-ring (bicyclic) bond motifs is 3. The summed E-state index contributed by atoms with van der Waals surface area (Å²) in [6.45, 7) is 8.38. The van der Waals surface area contributed by atoms with Crippen molar-refractivity contribution in [3.05, 3.63) is 107 Å². The Morgan fingerprint density at radius 2 is 1.62 bits per heavy atom. The number of aromatic amines is 1. The van der Waals surface area contributed by atoms with Gasteiger partial charge in [-0.3, -0.25) is 10.1 Å². The van der Waals surface area contributed by atoms with Crippen molar-refractivity contribution >= 4 is 34.3 Å². The van der Waals surface area contributed by atoms with E-state index in [0.717, 1.165) is 71.2 Å². The molecule has 5 aromatic rings. The summed E-state index contributed by atoms with van der Waals surface area (Å²) in [5.74, 6) is 1.42. The first-order chi connectivity index (χ1) is 22.6. The minimum absolute atomic E-state index is 0.164. The lowest BCUT2D eigenvalue weighted by Gasteiger charge is -2.39. The van der Waals surface area contributed by atoms with Crippen LogP contribution in [-0.2, 0) is 23.1 Å². The highest BCUT2D eigenvalue weighted by atomic mass is 16.2. The Kier molecular flexibility index (Phi) is 8.12. The molecule has 242 valence electrons. The Labute approximate surface area is 276 Å². The van der Waals surface area contributed by atoms with E-state index < -0.39 is 0 Å². The highest BCUT2D eigenvalue weighted by Gasteiger charge is 2.43. The molecule has 2 fully saturated rings. The summed E-state index contributed by atoms with van der Waals surface area (Å²) in [6, 6.07) is 26.7. The van der Waals surface area contributed by atoms with E-state index in [2.05, 4.69) is 72.5 Å². The molecule has 2 aliphatic rings. The third-order valence-corrected chi connectivity index (χ3v) is 9.87. The number of hydrogen-bond donors (Lipinski definition) is 3. The zero-order chi connectivity index (χ0) is 32.7. The van der Waals surface area contributed by atoms with E-state index in [0.29, 0.717) is 30.2 Å². The number of piperidine rings is 1. The number of nitrogens with one attached hydrogen (secondary N) is 3. The number of nitrogens with zero attached hydrogens (tertiary/aromatic N) is 3. The zero-order valence-corrected chi connectivity index (χ0v) is 27.7. The predicted octanol–water partition coefficient (Wildman–Crippen LogP) is 8.16. The van der Waals surface area contributed by atoms with Crippen molar-refractivity contribution in [2.45, 2.75) is 83.7 Å².